The lowest BCUT2D eigenvalue weighted by Gasteiger charge is -2.01. The van der Waals surface area contributed by atoms with Gasteiger partial charge < -0.3 is 5.41 Å². The molecule has 12 heavy (non-hydrogen) atoms. The summed E-state index contributed by atoms with van der Waals surface area (Å²) >= 11 is 0. The Kier molecular flexibility index (Phi) is 5.26. The second kappa shape index (κ2) is 5.70. The molecule has 0 amide bonds. The quantitative estimate of drug-likeness (QED) is 0.496. The van der Waals surface area contributed by atoms with Gasteiger partial charge in [0.25, 0.3) is 0 Å². The van der Waals surface area contributed by atoms with E-state index >= 15 is 0 Å². The lowest BCUT2D eigenvalue weighted by Crippen LogP contribution is -2.16. The summed E-state index contributed by atoms with van der Waals surface area (Å²) in [5.41, 5.74) is 0.197. The minimum absolute atomic E-state index is 0.0313. The van der Waals surface area contributed by atoms with Crippen LogP contribution >= 0.6 is 0 Å². The fourth-order valence-electron chi connectivity index (χ4n) is 0.731. The van der Waals surface area contributed by atoms with E-state index in [1.54, 1.807) is 0 Å². The van der Waals surface area contributed by atoms with E-state index in [9.17, 15) is 4.79 Å². The number of allylic oxidation sites excluding steroid dienone is 2. The molecule has 68 valence electrons. The van der Waals surface area contributed by atoms with Crippen molar-refractivity contribution >= 4 is 11.5 Å². The molecule has 0 aromatic heterocycles. The van der Waals surface area contributed by atoms with E-state index in [1.807, 2.05) is 19.9 Å². The van der Waals surface area contributed by atoms with Gasteiger partial charge in [-0.05, 0) is 18.4 Å². The van der Waals surface area contributed by atoms with Gasteiger partial charge in [-0.15, -0.1) is 0 Å². The average molecular weight is 167 g/mol. The maximum atomic E-state index is 11.1. The summed E-state index contributed by atoms with van der Waals surface area (Å²) in [7, 11) is 0. The number of carbonyl (C=O) groups is 1. The Morgan fingerprint density at radius 2 is 2.08 bits per heavy atom. The second-order valence-corrected chi connectivity index (χ2v) is 3.12. The topological polar surface area (TPSA) is 40.9 Å². The molecule has 0 aliphatic heterocycles. The summed E-state index contributed by atoms with van der Waals surface area (Å²) in [5, 5.41) is 7.38. The Labute approximate surface area is 74.2 Å². The molecule has 0 aromatic rings. The number of hydrogen-bond donors (Lipinski definition) is 1. The summed E-state index contributed by atoms with van der Waals surface area (Å²) in [6, 6.07) is 0. The third-order valence-corrected chi connectivity index (χ3v) is 1.57. The van der Waals surface area contributed by atoms with Crippen LogP contribution < -0.4 is 0 Å². The van der Waals surface area contributed by atoms with Gasteiger partial charge >= 0.3 is 0 Å². The van der Waals surface area contributed by atoms with Crippen molar-refractivity contribution in [3.8, 4) is 0 Å². The van der Waals surface area contributed by atoms with Crippen molar-refractivity contribution in [1.82, 2.24) is 0 Å². The molecule has 0 spiro atoms. The van der Waals surface area contributed by atoms with Gasteiger partial charge in [0, 0.05) is 0 Å². The second-order valence-electron chi connectivity index (χ2n) is 3.12. The zero-order valence-corrected chi connectivity index (χ0v) is 8.05. The molecule has 0 saturated carbocycles. The highest BCUT2D eigenvalue weighted by Gasteiger charge is 2.08. The maximum absolute atomic E-state index is 11.1. The van der Waals surface area contributed by atoms with Crippen molar-refractivity contribution in [1.29, 1.82) is 5.41 Å². The van der Waals surface area contributed by atoms with E-state index in [2.05, 4.69) is 6.92 Å². The first-order valence-electron chi connectivity index (χ1n) is 4.38. The Balaban J connectivity index is 3.96. The fraction of sp³-hybridized carbons (Fsp3) is 0.600. The number of nitrogens with one attached hydrogen (secondary N) is 1. The van der Waals surface area contributed by atoms with Gasteiger partial charge in [-0.3, -0.25) is 4.79 Å². The highest BCUT2D eigenvalue weighted by Crippen LogP contribution is 1.98. The van der Waals surface area contributed by atoms with Crippen LogP contribution in [0.1, 0.15) is 33.6 Å². The zero-order valence-electron chi connectivity index (χ0n) is 8.05. The number of carbonyl (C=O) groups excluding carboxylic acids is 1. The average Bonchev–Trinajstić information content (AvgIpc) is 2.03. The van der Waals surface area contributed by atoms with E-state index in [4.69, 9.17) is 5.41 Å². The highest BCUT2D eigenvalue weighted by molar-refractivity contribution is 6.43. The number of rotatable bonds is 5. The predicted octanol–water partition coefficient (Wildman–Crippen LogP) is 2.59. The van der Waals surface area contributed by atoms with E-state index in [1.165, 1.54) is 6.08 Å². The molecule has 0 saturated heterocycles. The number of unbranched alkanes of at least 4 members (excludes halogenated alkanes) is 1. The van der Waals surface area contributed by atoms with E-state index in [0.29, 0.717) is 0 Å². The van der Waals surface area contributed by atoms with Crippen LogP contribution in [0.4, 0.5) is 0 Å². The largest absolute Gasteiger partial charge is 0.301 e. The first-order valence-corrected chi connectivity index (χ1v) is 4.38. The smallest absolute Gasteiger partial charge is 0.199 e. The van der Waals surface area contributed by atoms with Crippen LogP contribution in [0.2, 0.25) is 0 Å². The van der Waals surface area contributed by atoms with Crippen molar-refractivity contribution < 1.29 is 4.79 Å². The van der Waals surface area contributed by atoms with Gasteiger partial charge in [-0.25, -0.2) is 0 Å². The SMILES string of the molecule is CCC/C=C/C(=O)C(=N)C(C)C. The van der Waals surface area contributed by atoms with Crippen molar-refractivity contribution in [2.45, 2.75) is 33.6 Å². The van der Waals surface area contributed by atoms with Crippen LogP contribution in [0.15, 0.2) is 12.2 Å². The lowest BCUT2D eigenvalue weighted by molar-refractivity contribution is -0.109. The summed E-state index contributed by atoms with van der Waals surface area (Å²) in [6.45, 7) is 5.77. The predicted molar refractivity (Wildman–Crippen MR) is 51.6 cm³/mol. The van der Waals surface area contributed by atoms with Crippen LogP contribution in [0.5, 0.6) is 0 Å². The molecule has 2 heteroatoms. The van der Waals surface area contributed by atoms with Crippen molar-refractivity contribution in [2.75, 3.05) is 0 Å². The number of ketones is 1. The van der Waals surface area contributed by atoms with Gasteiger partial charge in [0.2, 0.25) is 0 Å². The minimum atomic E-state index is -0.154. The molecule has 1 N–H and O–H groups in total. The van der Waals surface area contributed by atoms with Crippen LogP contribution in [0, 0.1) is 11.3 Å². The summed E-state index contributed by atoms with van der Waals surface area (Å²) in [6.07, 6.45) is 5.29. The molecule has 0 unspecified atom stereocenters. The van der Waals surface area contributed by atoms with E-state index in [-0.39, 0.29) is 17.4 Å². The van der Waals surface area contributed by atoms with Crippen molar-refractivity contribution in [3.63, 3.8) is 0 Å². The highest BCUT2D eigenvalue weighted by atomic mass is 16.1. The first kappa shape index (κ1) is 11.1. The maximum Gasteiger partial charge on any atom is 0.199 e. The first-order chi connectivity index (χ1) is 5.59. The fourth-order valence-corrected chi connectivity index (χ4v) is 0.731. The van der Waals surface area contributed by atoms with Crippen LogP contribution in [-0.2, 0) is 4.79 Å². The molecule has 0 fully saturated rings. The third-order valence-electron chi connectivity index (χ3n) is 1.57. The molecule has 2 nitrogen and oxygen atoms in total. The van der Waals surface area contributed by atoms with Crippen molar-refractivity contribution in [3.05, 3.63) is 12.2 Å². The molecule has 0 rings (SSSR count). The monoisotopic (exact) mass is 167 g/mol. The van der Waals surface area contributed by atoms with Crippen molar-refractivity contribution in [2.24, 2.45) is 5.92 Å². The number of hydrogen-bond acceptors (Lipinski definition) is 2. The van der Waals surface area contributed by atoms with Crippen LogP contribution in [0.3, 0.4) is 0 Å². The van der Waals surface area contributed by atoms with E-state index in [0.717, 1.165) is 12.8 Å². The Morgan fingerprint density at radius 3 is 2.50 bits per heavy atom. The summed E-state index contributed by atoms with van der Waals surface area (Å²) in [5.74, 6) is -0.123. The lowest BCUT2D eigenvalue weighted by atomic mass is 10.0. The molecule has 0 aromatic carbocycles. The molecule has 0 aliphatic carbocycles. The molecule has 0 heterocycles. The molecular formula is C10H17NO. The Hall–Kier alpha value is -0.920. The molecule has 0 aliphatic rings. The standard InChI is InChI=1S/C10H17NO/c1-4-5-6-7-9(12)10(11)8(2)3/h6-8,11H,4-5H2,1-3H3/b7-6+,11-10?. The van der Waals surface area contributed by atoms with Crippen LogP contribution in [0.25, 0.3) is 0 Å². The Bertz CT molecular complexity index is 192. The summed E-state index contributed by atoms with van der Waals surface area (Å²) in [4.78, 5) is 11.1. The molecule has 0 radical (unpaired) electrons. The Morgan fingerprint density at radius 1 is 1.50 bits per heavy atom. The zero-order chi connectivity index (χ0) is 9.56. The molecule has 0 atom stereocenters. The normalized spacial score (nSPS) is 11.0. The van der Waals surface area contributed by atoms with Gasteiger partial charge in [-0.2, -0.15) is 0 Å². The minimum Gasteiger partial charge on any atom is -0.301 e. The van der Waals surface area contributed by atoms with Gasteiger partial charge in [0.1, 0.15) is 0 Å². The molecular weight excluding hydrogens is 150 g/mol. The van der Waals surface area contributed by atoms with Gasteiger partial charge in [0.05, 0.1) is 5.71 Å². The van der Waals surface area contributed by atoms with E-state index < -0.39 is 0 Å². The molecule has 0 bridgehead atoms. The van der Waals surface area contributed by atoms with Gasteiger partial charge in [-0.1, -0.05) is 33.3 Å². The summed E-state index contributed by atoms with van der Waals surface area (Å²) < 4.78 is 0. The third kappa shape index (κ3) is 4.06. The van der Waals surface area contributed by atoms with Crippen LogP contribution in [-0.4, -0.2) is 11.5 Å². The van der Waals surface area contributed by atoms with Gasteiger partial charge in [0.15, 0.2) is 5.78 Å².